The van der Waals surface area contributed by atoms with Crippen molar-refractivity contribution in [3.8, 4) is 0 Å². The molecule has 0 atom stereocenters. The molecule has 0 aromatic heterocycles. The summed E-state index contributed by atoms with van der Waals surface area (Å²) in [7, 11) is 1.42. The number of nitrogens with zero attached hydrogens (tertiary/aromatic N) is 1. The molecule has 104 valence electrons. The number of rotatable bonds is 7. The number of hydrogen-bond donors (Lipinski definition) is 3. The van der Waals surface area contributed by atoms with Crippen molar-refractivity contribution in [2.75, 3.05) is 13.6 Å². The van der Waals surface area contributed by atoms with Gasteiger partial charge < -0.3 is 21.1 Å². The Hall–Kier alpha value is -1.79. The zero-order chi connectivity index (χ0) is 14.3. The van der Waals surface area contributed by atoms with Gasteiger partial charge in [-0.15, -0.1) is 0 Å². The van der Waals surface area contributed by atoms with E-state index >= 15 is 0 Å². The van der Waals surface area contributed by atoms with Crippen molar-refractivity contribution in [3.63, 3.8) is 0 Å². The smallest absolute Gasteiger partial charge is 0.329 e. The van der Waals surface area contributed by atoms with E-state index in [-0.39, 0.29) is 12.3 Å². The minimum atomic E-state index is -1.27. The van der Waals surface area contributed by atoms with Crippen LogP contribution in [0.15, 0.2) is 0 Å². The Morgan fingerprint density at radius 3 is 2.28 bits per heavy atom. The standard InChI is InChI=1S/C11H21N3O4/c1-11(2,9(16)17)14(3)10(18)13-7-5-4-6-8(12)15/h4-7H2,1-3H3,(H2,12,15)(H,13,18)(H,16,17). The molecule has 7 heteroatoms. The number of likely N-dealkylation sites (N-methyl/N-ethyl adjacent to an activating group) is 1. The molecule has 3 amide bonds. The number of aliphatic carboxylic acids is 1. The number of amides is 3. The van der Waals surface area contributed by atoms with Crippen LogP contribution < -0.4 is 11.1 Å². The van der Waals surface area contributed by atoms with Gasteiger partial charge in [-0.25, -0.2) is 9.59 Å². The molecule has 0 unspecified atom stereocenters. The second-order valence-corrected chi connectivity index (χ2v) is 4.58. The third kappa shape index (κ3) is 5.03. The number of hydrogen-bond acceptors (Lipinski definition) is 3. The molecule has 0 radical (unpaired) electrons. The number of carbonyl (C=O) groups is 3. The van der Waals surface area contributed by atoms with Gasteiger partial charge in [-0.05, 0) is 26.7 Å². The Morgan fingerprint density at radius 1 is 1.28 bits per heavy atom. The van der Waals surface area contributed by atoms with Gasteiger partial charge in [0.2, 0.25) is 5.91 Å². The summed E-state index contributed by atoms with van der Waals surface area (Å²) in [6.45, 7) is 3.27. The number of unbranched alkanes of at least 4 members (excludes halogenated alkanes) is 1. The molecule has 18 heavy (non-hydrogen) atoms. The predicted octanol–water partition coefficient (Wildman–Crippen LogP) is 0.147. The predicted molar refractivity (Wildman–Crippen MR) is 65.9 cm³/mol. The molecule has 0 bridgehead atoms. The van der Waals surface area contributed by atoms with E-state index in [1.807, 2.05) is 0 Å². The molecule has 0 aromatic carbocycles. The van der Waals surface area contributed by atoms with Crippen molar-refractivity contribution >= 4 is 17.9 Å². The highest BCUT2D eigenvalue weighted by Gasteiger charge is 2.34. The SMILES string of the molecule is CN(C(=O)NCCCCC(N)=O)C(C)(C)C(=O)O. The Labute approximate surface area is 106 Å². The molecule has 0 saturated carbocycles. The zero-order valence-electron chi connectivity index (χ0n) is 11.0. The van der Waals surface area contributed by atoms with E-state index in [0.29, 0.717) is 19.4 Å². The molecule has 0 heterocycles. The summed E-state index contributed by atoms with van der Waals surface area (Å²) in [5.41, 5.74) is 3.71. The molecule has 0 aliphatic carbocycles. The van der Waals surface area contributed by atoms with Crippen molar-refractivity contribution in [2.24, 2.45) is 5.73 Å². The van der Waals surface area contributed by atoms with Crippen LogP contribution in [0.3, 0.4) is 0 Å². The lowest BCUT2D eigenvalue weighted by Crippen LogP contribution is -2.54. The highest BCUT2D eigenvalue weighted by Crippen LogP contribution is 2.12. The number of carboxylic acids is 1. The molecular formula is C11H21N3O4. The van der Waals surface area contributed by atoms with Crippen LogP contribution in [0, 0.1) is 0 Å². The van der Waals surface area contributed by atoms with Gasteiger partial charge in [-0.1, -0.05) is 0 Å². The van der Waals surface area contributed by atoms with Crippen molar-refractivity contribution in [3.05, 3.63) is 0 Å². The summed E-state index contributed by atoms with van der Waals surface area (Å²) in [4.78, 5) is 34.2. The van der Waals surface area contributed by atoms with Crippen LogP contribution >= 0.6 is 0 Å². The summed E-state index contributed by atoms with van der Waals surface area (Å²) < 4.78 is 0. The van der Waals surface area contributed by atoms with E-state index in [0.717, 1.165) is 4.90 Å². The summed E-state index contributed by atoms with van der Waals surface area (Å²) in [5, 5.41) is 11.5. The summed E-state index contributed by atoms with van der Waals surface area (Å²) >= 11 is 0. The third-order valence-corrected chi connectivity index (χ3v) is 2.79. The Bertz CT molecular complexity index is 328. The van der Waals surface area contributed by atoms with Crippen molar-refractivity contribution in [2.45, 2.75) is 38.6 Å². The van der Waals surface area contributed by atoms with Crippen LogP contribution in [0.5, 0.6) is 0 Å². The van der Waals surface area contributed by atoms with E-state index in [2.05, 4.69) is 5.32 Å². The lowest BCUT2D eigenvalue weighted by atomic mass is 10.1. The highest BCUT2D eigenvalue weighted by molar-refractivity contribution is 5.85. The zero-order valence-corrected chi connectivity index (χ0v) is 11.0. The first-order valence-corrected chi connectivity index (χ1v) is 5.73. The number of carboxylic acid groups (broad SMARTS) is 1. The number of nitrogens with one attached hydrogen (secondary N) is 1. The van der Waals surface area contributed by atoms with Gasteiger partial charge in [-0.2, -0.15) is 0 Å². The molecule has 4 N–H and O–H groups in total. The third-order valence-electron chi connectivity index (χ3n) is 2.79. The summed E-state index contributed by atoms with van der Waals surface area (Å²) in [6.07, 6.45) is 1.50. The normalized spacial score (nSPS) is 10.8. The minimum Gasteiger partial charge on any atom is -0.480 e. The summed E-state index contributed by atoms with van der Waals surface area (Å²) in [6, 6.07) is -0.457. The largest absolute Gasteiger partial charge is 0.480 e. The van der Waals surface area contributed by atoms with Gasteiger partial charge in [0.25, 0.3) is 0 Å². The van der Waals surface area contributed by atoms with Crippen molar-refractivity contribution in [1.29, 1.82) is 0 Å². The fourth-order valence-corrected chi connectivity index (χ4v) is 1.14. The van der Waals surface area contributed by atoms with Crippen LogP contribution in [0.4, 0.5) is 4.79 Å². The fraction of sp³-hybridized carbons (Fsp3) is 0.727. The highest BCUT2D eigenvalue weighted by atomic mass is 16.4. The number of urea groups is 1. The van der Waals surface area contributed by atoms with E-state index in [9.17, 15) is 14.4 Å². The fourth-order valence-electron chi connectivity index (χ4n) is 1.14. The van der Waals surface area contributed by atoms with E-state index in [1.54, 1.807) is 0 Å². The van der Waals surface area contributed by atoms with E-state index in [1.165, 1.54) is 20.9 Å². The first kappa shape index (κ1) is 16.2. The van der Waals surface area contributed by atoms with Crippen molar-refractivity contribution < 1.29 is 19.5 Å². The van der Waals surface area contributed by atoms with Gasteiger partial charge in [-0.3, -0.25) is 4.79 Å². The topological polar surface area (TPSA) is 113 Å². The van der Waals surface area contributed by atoms with Crippen LogP contribution in [0.25, 0.3) is 0 Å². The molecule has 0 aliphatic rings. The second kappa shape index (κ2) is 6.83. The maximum Gasteiger partial charge on any atom is 0.329 e. The van der Waals surface area contributed by atoms with Gasteiger partial charge >= 0.3 is 12.0 Å². The van der Waals surface area contributed by atoms with E-state index in [4.69, 9.17) is 10.8 Å². The van der Waals surface area contributed by atoms with Crippen molar-refractivity contribution in [1.82, 2.24) is 10.2 Å². The van der Waals surface area contributed by atoms with Gasteiger partial charge in [0, 0.05) is 20.0 Å². The maximum atomic E-state index is 11.7. The molecule has 0 spiro atoms. The quantitative estimate of drug-likeness (QED) is 0.564. The number of carbonyl (C=O) groups excluding carboxylic acids is 2. The lowest BCUT2D eigenvalue weighted by Gasteiger charge is -2.31. The van der Waals surface area contributed by atoms with Crippen LogP contribution in [0.2, 0.25) is 0 Å². The van der Waals surface area contributed by atoms with Crippen LogP contribution in [-0.2, 0) is 9.59 Å². The molecule has 0 aromatic rings. The first-order valence-electron chi connectivity index (χ1n) is 5.73. The molecule has 0 aliphatic heterocycles. The monoisotopic (exact) mass is 259 g/mol. The van der Waals surface area contributed by atoms with E-state index < -0.39 is 17.5 Å². The average Bonchev–Trinajstić information content (AvgIpc) is 2.26. The second-order valence-electron chi connectivity index (χ2n) is 4.58. The lowest BCUT2D eigenvalue weighted by molar-refractivity contribution is -0.146. The summed E-state index contributed by atoms with van der Waals surface area (Å²) in [5.74, 6) is -1.45. The average molecular weight is 259 g/mol. The van der Waals surface area contributed by atoms with Crippen LogP contribution in [0.1, 0.15) is 33.1 Å². The van der Waals surface area contributed by atoms with Gasteiger partial charge in [0.1, 0.15) is 5.54 Å². The number of nitrogens with two attached hydrogens (primary N) is 1. The van der Waals surface area contributed by atoms with Gasteiger partial charge in [0.05, 0.1) is 0 Å². The molecule has 0 rings (SSSR count). The maximum absolute atomic E-state index is 11.7. The van der Waals surface area contributed by atoms with Crippen LogP contribution in [-0.4, -0.2) is 47.0 Å². The molecule has 7 nitrogen and oxygen atoms in total. The Morgan fingerprint density at radius 2 is 1.83 bits per heavy atom. The van der Waals surface area contributed by atoms with Gasteiger partial charge in [0.15, 0.2) is 0 Å². The Balaban J connectivity index is 4.03. The minimum absolute atomic E-state index is 0.284. The molecular weight excluding hydrogens is 238 g/mol. The molecule has 0 saturated heterocycles. The Kier molecular flexibility index (Phi) is 6.15. The number of primary amides is 1. The molecule has 0 fully saturated rings. The first-order chi connectivity index (χ1) is 8.19.